The summed E-state index contributed by atoms with van der Waals surface area (Å²) in [5.74, 6) is 1.03. The second-order valence-corrected chi connectivity index (χ2v) is 4.62. The van der Waals surface area contributed by atoms with E-state index in [2.05, 4.69) is 31.4 Å². The van der Waals surface area contributed by atoms with Crippen LogP contribution in [0.5, 0.6) is 0 Å². The molecule has 17 heavy (non-hydrogen) atoms. The van der Waals surface area contributed by atoms with Crippen LogP contribution in [-0.2, 0) is 13.0 Å². The SMILES string of the molecule is ClCCc1nnc(NCc2ccccc2Br)o1. The molecule has 6 heteroatoms. The van der Waals surface area contributed by atoms with Gasteiger partial charge in [0.05, 0.1) is 0 Å². The maximum absolute atomic E-state index is 5.58. The Labute approximate surface area is 113 Å². The predicted octanol–water partition coefficient (Wildman–Crippen LogP) is 3.23. The standard InChI is InChI=1S/C11H11BrClN3O/c12-9-4-2-1-3-8(9)7-14-11-16-15-10(17-11)5-6-13/h1-4H,5-7H2,(H,14,16). The molecule has 0 unspecified atom stereocenters. The summed E-state index contributed by atoms with van der Waals surface area (Å²) in [6.07, 6.45) is 0.589. The molecule has 0 amide bonds. The molecule has 1 aromatic carbocycles. The summed E-state index contributed by atoms with van der Waals surface area (Å²) in [4.78, 5) is 0. The maximum atomic E-state index is 5.58. The van der Waals surface area contributed by atoms with Gasteiger partial charge in [-0.1, -0.05) is 39.2 Å². The van der Waals surface area contributed by atoms with Crippen LogP contribution >= 0.6 is 27.5 Å². The number of halogens is 2. The fraction of sp³-hybridized carbons (Fsp3) is 0.273. The van der Waals surface area contributed by atoms with E-state index in [-0.39, 0.29) is 0 Å². The van der Waals surface area contributed by atoms with Crippen molar-refractivity contribution in [3.05, 3.63) is 40.2 Å². The largest absolute Gasteiger partial charge is 0.408 e. The lowest BCUT2D eigenvalue weighted by Gasteiger charge is -2.03. The molecular weight excluding hydrogens is 305 g/mol. The molecule has 2 aromatic rings. The van der Waals surface area contributed by atoms with Crippen LogP contribution in [0.25, 0.3) is 0 Å². The molecule has 1 aromatic heterocycles. The Balaban J connectivity index is 1.95. The van der Waals surface area contributed by atoms with E-state index in [9.17, 15) is 0 Å². The van der Waals surface area contributed by atoms with Crippen LogP contribution in [0.15, 0.2) is 33.2 Å². The topological polar surface area (TPSA) is 51.0 Å². The van der Waals surface area contributed by atoms with Crippen LogP contribution in [0.3, 0.4) is 0 Å². The van der Waals surface area contributed by atoms with Crippen LogP contribution in [0.2, 0.25) is 0 Å². The molecule has 2 rings (SSSR count). The van der Waals surface area contributed by atoms with Crippen molar-refractivity contribution in [3.63, 3.8) is 0 Å². The lowest BCUT2D eigenvalue weighted by Crippen LogP contribution is -2.00. The van der Waals surface area contributed by atoms with Crippen LogP contribution in [0.4, 0.5) is 6.01 Å². The summed E-state index contributed by atoms with van der Waals surface area (Å²) >= 11 is 9.06. The first-order valence-electron chi connectivity index (χ1n) is 5.15. The van der Waals surface area contributed by atoms with Crippen LogP contribution < -0.4 is 5.32 Å². The quantitative estimate of drug-likeness (QED) is 0.861. The molecule has 0 saturated carbocycles. The number of rotatable bonds is 5. The zero-order valence-electron chi connectivity index (χ0n) is 8.99. The second-order valence-electron chi connectivity index (χ2n) is 3.38. The number of benzene rings is 1. The number of alkyl halides is 1. The first-order chi connectivity index (χ1) is 8.29. The highest BCUT2D eigenvalue weighted by Crippen LogP contribution is 2.17. The predicted molar refractivity (Wildman–Crippen MR) is 70.2 cm³/mol. The normalized spacial score (nSPS) is 10.5. The number of nitrogens with zero attached hydrogens (tertiary/aromatic N) is 2. The number of hydrogen-bond acceptors (Lipinski definition) is 4. The summed E-state index contributed by atoms with van der Waals surface area (Å²) in [7, 11) is 0. The molecule has 0 aliphatic heterocycles. The van der Waals surface area contributed by atoms with E-state index < -0.39 is 0 Å². The van der Waals surface area contributed by atoms with E-state index >= 15 is 0 Å². The zero-order valence-corrected chi connectivity index (χ0v) is 11.3. The molecule has 0 saturated heterocycles. The van der Waals surface area contributed by atoms with Crippen molar-refractivity contribution in [3.8, 4) is 0 Å². The van der Waals surface area contributed by atoms with Gasteiger partial charge < -0.3 is 9.73 Å². The van der Waals surface area contributed by atoms with Crippen LogP contribution in [0, 0.1) is 0 Å². The Morgan fingerprint density at radius 1 is 1.29 bits per heavy atom. The van der Waals surface area contributed by atoms with Gasteiger partial charge in [-0.3, -0.25) is 0 Å². The number of nitrogens with one attached hydrogen (secondary N) is 1. The van der Waals surface area contributed by atoms with E-state index in [1.165, 1.54) is 0 Å². The van der Waals surface area contributed by atoms with E-state index in [4.69, 9.17) is 16.0 Å². The van der Waals surface area contributed by atoms with Crippen LogP contribution in [0.1, 0.15) is 11.5 Å². The molecule has 0 spiro atoms. The summed E-state index contributed by atoms with van der Waals surface area (Å²) in [5.41, 5.74) is 1.13. The Bertz CT molecular complexity index is 489. The molecule has 4 nitrogen and oxygen atoms in total. The molecule has 0 aliphatic carbocycles. The van der Waals surface area contributed by atoms with Crippen molar-refractivity contribution in [1.29, 1.82) is 0 Å². The van der Waals surface area contributed by atoms with Gasteiger partial charge in [0.2, 0.25) is 5.89 Å². The Hall–Kier alpha value is -1.07. The molecule has 0 atom stereocenters. The fourth-order valence-corrected chi connectivity index (χ4v) is 1.91. The number of anilines is 1. The van der Waals surface area contributed by atoms with Gasteiger partial charge >= 0.3 is 6.01 Å². The van der Waals surface area contributed by atoms with Crippen molar-refractivity contribution in [2.75, 3.05) is 11.2 Å². The Kier molecular flexibility index (Phi) is 4.39. The number of aryl methyl sites for hydroxylation is 1. The summed E-state index contributed by atoms with van der Waals surface area (Å²) in [6.45, 7) is 0.629. The van der Waals surface area contributed by atoms with Crippen LogP contribution in [-0.4, -0.2) is 16.1 Å². The minimum atomic E-state index is 0.417. The van der Waals surface area contributed by atoms with Gasteiger partial charge in [-0.25, -0.2) is 0 Å². The van der Waals surface area contributed by atoms with Crippen molar-refractivity contribution in [1.82, 2.24) is 10.2 Å². The fourth-order valence-electron chi connectivity index (χ4n) is 1.32. The van der Waals surface area contributed by atoms with E-state index in [1.807, 2.05) is 24.3 Å². The smallest absolute Gasteiger partial charge is 0.315 e. The molecule has 0 fully saturated rings. The Morgan fingerprint density at radius 3 is 2.88 bits per heavy atom. The lowest BCUT2D eigenvalue weighted by atomic mass is 10.2. The zero-order chi connectivity index (χ0) is 12.1. The highest BCUT2D eigenvalue weighted by molar-refractivity contribution is 9.10. The van der Waals surface area contributed by atoms with Gasteiger partial charge in [0.1, 0.15) is 0 Å². The monoisotopic (exact) mass is 315 g/mol. The van der Waals surface area contributed by atoms with E-state index in [1.54, 1.807) is 0 Å². The molecular formula is C11H11BrClN3O. The minimum Gasteiger partial charge on any atom is -0.408 e. The van der Waals surface area contributed by atoms with Gasteiger partial charge in [-0.2, -0.15) is 0 Å². The van der Waals surface area contributed by atoms with Crippen molar-refractivity contribution in [2.45, 2.75) is 13.0 Å². The van der Waals surface area contributed by atoms with E-state index in [0.717, 1.165) is 10.0 Å². The number of hydrogen-bond donors (Lipinski definition) is 1. The van der Waals surface area contributed by atoms with E-state index in [0.29, 0.717) is 30.8 Å². The summed E-state index contributed by atoms with van der Waals surface area (Å²) in [5, 5.41) is 10.8. The van der Waals surface area contributed by atoms with Crippen molar-refractivity contribution >= 4 is 33.5 Å². The average Bonchev–Trinajstić information content (AvgIpc) is 2.76. The van der Waals surface area contributed by atoms with Crippen molar-refractivity contribution < 1.29 is 4.42 Å². The molecule has 90 valence electrons. The molecule has 0 bridgehead atoms. The third kappa shape index (κ3) is 3.44. The second kappa shape index (κ2) is 6.02. The van der Waals surface area contributed by atoms with Crippen molar-refractivity contribution in [2.24, 2.45) is 0 Å². The third-order valence-corrected chi connectivity index (χ3v) is 3.13. The molecule has 0 aliphatic rings. The van der Waals surface area contributed by atoms with Gasteiger partial charge in [-0.05, 0) is 11.6 Å². The first-order valence-corrected chi connectivity index (χ1v) is 6.48. The number of aromatic nitrogens is 2. The molecule has 1 heterocycles. The minimum absolute atomic E-state index is 0.417. The first kappa shape index (κ1) is 12.4. The summed E-state index contributed by atoms with van der Waals surface area (Å²) in [6, 6.07) is 8.38. The maximum Gasteiger partial charge on any atom is 0.315 e. The molecule has 0 radical (unpaired) electrons. The highest BCUT2D eigenvalue weighted by Gasteiger charge is 2.05. The highest BCUT2D eigenvalue weighted by atomic mass is 79.9. The van der Waals surface area contributed by atoms with Gasteiger partial charge in [0.15, 0.2) is 0 Å². The van der Waals surface area contributed by atoms with Gasteiger partial charge in [0, 0.05) is 23.3 Å². The van der Waals surface area contributed by atoms with Gasteiger partial charge in [-0.15, -0.1) is 16.7 Å². The summed E-state index contributed by atoms with van der Waals surface area (Å²) < 4.78 is 6.40. The third-order valence-electron chi connectivity index (χ3n) is 2.16. The Morgan fingerprint density at radius 2 is 2.12 bits per heavy atom. The molecule has 1 N–H and O–H groups in total. The lowest BCUT2D eigenvalue weighted by molar-refractivity contribution is 0.512. The average molecular weight is 317 g/mol. The van der Waals surface area contributed by atoms with Gasteiger partial charge in [0.25, 0.3) is 0 Å².